The van der Waals surface area contributed by atoms with Crippen molar-refractivity contribution in [1.82, 2.24) is 19.0 Å². The number of imidazole rings is 1. The zero-order valence-electron chi connectivity index (χ0n) is 19.9. The number of hydrogen-bond donors (Lipinski definition) is 2. The molecular formula is C26H31N5O3S. The van der Waals surface area contributed by atoms with Gasteiger partial charge in [-0.1, -0.05) is 0 Å². The fourth-order valence-electron chi connectivity index (χ4n) is 5.30. The van der Waals surface area contributed by atoms with E-state index < -0.39 is 0 Å². The number of carbonyl (C=O) groups is 1. The van der Waals surface area contributed by atoms with E-state index in [0.717, 1.165) is 36.4 Å². The maximum Gasteiger partial charge on any atom is 0.254 e. The minimum atomic E-state index is -0.0452. The first kappa shape index (κ1) is 22.6. The fraction of sp³-hybridized carbons (Fsp3) is 0.462. The van der Waals surface area contributed by atoms with Crippen LogP contribution in [-0.4, -0.2) is 62.9 Å². The molecule has 3 N–H and O–H groups in total. The van der Waals surface area contributed by atoms with Crippen molar-refractivity contribution in [3.8, 4) is 17.3 Å². The van der Waals surface area contributed by atoms with Crippen molar-refractivity contribution in [2.24, 2.45) is 11.7 Å². The number of nitrogens with zero attached hydrogens (tertiary/aromatic N) is 4. The van der Waals surface area contributed by atoms with E-state index in [1.807, 2.05) is 15.5 Å². The van der Waals surface area contributed by atoms with Gasteiger partial charge in [0.15, 0.2) is 5.82 Å². The van der Waals surface area contributed by atoms with Crippen LogP contribution >= 0.6 is 11.3 Å². The maximum absolute atomic E-state index is 13.3. The quantitative estimate of drug-likeness (QED) is 0.409. The van der Waals surface area contributed by atoms with E-state index in [2.05, 4.69) is 22.1 Å². The first-order valence-corrected chi connectivity index (χ1v) is 13.3. The number of piperidine rings is 1. The van der Waals surface area contributed by atoms with Gasteiger partial charge >= 0.3 is 0 Å². The lowest BCUT2D eigenvalue weighted by atomic mass is 10.0. The van der Waals surface area contributed by atoms with E-state index in [-0.39, 0.29) is 18.6 Å². The molecule has 184 valence electrons. The van der Waals surface area contributed by atoms with Gasteiger partial charge in [-0.25, -0.2) is 4.98 Å². The molecule has 2 fully saturated rings. The summed E-state index contributed by atoms with van der Waals surface area (Å²) in [6.45, 7) is 2.61. The molecule has 0 unspecified atom stereocenters. The summed E-state index contributed by atoms with van der Waals surface area (Å²) >= 11 is 1.75. The van der Waals surface area contributed by atoms with Gasteiger partial charge < -0.3 is 29.6 Å². The smallest absolute Gasteiger partial charge is 0.254 e. The number of aromatic nitrogens is 3. The minimum absolute atomic E-state index is 0.0156. The van der Waals surface area contributed by atoms with Gasteiger partial charge in [0.25, 0.3) is 5.91 Å². The standard InChI is InChI=1S/C26H31N5O3S/c1-34-22-13-18(25(33)29-7-2-3-19(27)15-29)11-20-23(22)30(8-9-32)24(28-20)21-12-17-6-10-35-26(17)31(21)14-16-4-5-16/h6,10-13,16,19,32H,2-5,7-9,14-15,27H2,1H3/t19-/m1/s1. The number of methoxy groups -OCH3 is 1. The third kappa shape index (κ3) is 4.01. The second-order valence-electron chi connectivity index (χ2n) is 9.78. The summed E-state index contributed by atoms with van der Waals surface area (Å²) in [5.41, 5.74) is 9.21. The van der Waals surface area contributed by atoms with Crippen molar-refractivity contribution in [3.63, 3.8) is 0 Å². The zero-order valence-corrected chi connectivity index (χ0v) is 20.8. The molecule has 0 radical (unpaired) electrons. The largest absolute Gasteiger partial charge is 0.494 e. The SMILES string of the molecule is COc1cc(C(=O)N2CCC[C@@H](N)C2)cc2nc(-c3cc4ccsc4n3CC3CC3)n(CCO)c12. The lowest BCUT2D eigenvalue weighted by Gasteiger charge is -2.30. The fourth-order valence-corrected chi connectivity index (χ4v) is 6.21. The molecule has 1 saturated carbocycles. The van der Waals surface area contributed by atoms with E-state index in [4.69, 9.17) is 15.5 Å². The summed E-state index contributed by atoms with van der Waals surface area (Å²) in [6, 6.07) is 8.01. The molecule has 35 heavy (non-hydrogen) atoms. The Hall–Kier alpha value is -2.88. The summed E-state index contributed by atoms with van der Waals surface area (Å²) < 4.78 is 10.2. The Labute approximate surface area is 207 Å². The molecule has 0 bridgehead atoms. The lowest BCUT2D eigenvalue weighted by Crippen LogP contribution is -2.45. The van der Waals surface area contributed by atoms with Crippen molar-refractivity contribution in [2.45, 2.75) is 44.8 Å². The van der Waals surface area contributed by atoms with Crippen molar-refractivity contribution < 1.29 is 14.6 Å². The van der Waals surface area contributed by atoms with Crippen LogP contribution in [0.1, 0.15) is 36.0 Å². The zero-order chi connectivity index (χ0) is 24.1. The molecule has 1 amide bonds. The number of hydrogen-bond acceptors (Lipinski definition) is 6. The van der Waals surface area contributed by atoms with Crippen LogP contribution in [0.25, 0.3) is 32.8 Å². The van der Waals surface area contributed by atoms with Gasteiger partial charge in [0, 0.05) is 43.2 Å². The molecule has 1 atom stereocenters. The normalized spacial score (nSPS) is 18.6. The van der Waals surface area contributed by atoms with E-state index in [1.54, 1.807) is 24.5 Å². The predicted octanol–water partition coefficient (Wildman–Crippen LogP) is 3.69. The Morgan fingerprint density at radius 2 is 2.11 bits per heavy atom. The van der Waals surface area contributed by atoms with Gasteiger partial charge in [0.2, 0.25) is 0 Å². The van der Waals surface area contributed by atoms with Gasteiger partial charge in [0.1, 0.15) is 16.1 Å². The van der Waals surface area contributed by atoms with Gasteiger partial charge in [-0.2, -0.15) is 0 Å². The van der Waals surface area contributed by atoms with E-state index >= 15 is 0 Å². The van der Waals surface area contributed by atoms with Crippen LogP contribution in [0.15, 0.2) is 29.6 Å². The Morgan fingerprint density at radius 1 is 1.26 bits per heavy atom. The van der Waals surface area contributed by atoms with E-state index in [9.17, 15) is 9.90 Å². The third-order valence-electron chi connectivity index (χ3n) is 7.21. The number of amides is 1. The number of rotatable bonds is 7. The van der Waals surface area contributed by atoms with Gasteiger partial charge in [-0.3, -0.25) is 4.79 Å². The molecule has 1 aliphatic heterocycles. The Kier molecular flexibility index (Phi) is 5.78. The highest BCUT2D eigenvalue weighted by atomic mass is 32.1. The third-order valence-corrected chi connectivity index (χ3v) is 8.16. The number of fused-ring (bicyclic) bond motifs is 2. The van der Waals surface area contributed by atoms with E-state index in [0.29, 0.717) is 42.4 Å². The average Bonchev–Trinajstić information content (AvgIpc) is 3.28. The van der Waals surface area contributed by atoms with Gasteiger partial charge in [-0.15, -0.1) is 11.3 Å². The van der Waals surface area contributed by atoms with Crippen LogP contribution in [0.5, 0.6) is 5.75 Å². The van der Waals surface area contributed by atoms with Crippen LogP contribution in [0, 0.1) is 5.92 Å². The molecule has 4 heterocycles. The van der Waals surface area contributed by atoms with E-state index in [1.165, 1.54) is 23.1 Å². The summed E-state index contributed by atoms with van der Waals surface area (Å²) in [6.07, 6.45) is 4.38. The molecule has 1 aromatic carbocycles. The molecule has 3 aromatic heterocycles. The van der Waals surface area contributed by atoms with Crippen LogP contribution in [0.3, 0.4) is 0 Å². The number of carbonyl (C=O) groups excluding carboxylic acids is 1. The van der Waals surface area contributed by atoms with Crippen LogP contribution < -0.4 is 10.5 Å². The number of likely N-dealkylation sites (tertiary alicyclic amines) is 1. The topological polar surface area (TPSA) is 98.5 Å². The Balaban J connectivity index is 1.49. The highest BCUT2D eigenvalue weighted by Gasteiger charge is 2.28. The number of thiophene rings is 1. The number of nitrogens with two attached hydrogens (primary N) is 1. The highest BCUT2D eigenvalue weighted by molar-refractivity contribution is 7.16. The molecule has 8 nitrogen and oxygen atoms in total. The second-order valence-corrected chi connectivity index (χ2v) is 10.7. The molecule has 9 heteroatoms. The van der Waals surface area contributed by atoms with Crippen LogP contribution in [0.2, 0.25) is 0 Å². The van der Waals surface area contributed by atoms with Crippen LogP contribution in [0.4, 0.5) is 0 Å². The first-order valence-electron chi connectivity index (χ1n) is 12.4. The number of benzene rings is 1. The molecule has 0 spiro atoms. The molecule has 6 rings (SSSR count). The summed E-state index contributed by atoms with van der Waals surface area (Å²) in [7, 11) is 1.61. The number of aliphatic hydroxyl groups is 1. The summed E-state index contributed by atoms with van der Waals surface area (Å²) in [5.74, 6) is 2.04. The summed E-state index contributed by atoms with van der Waals surface area (Å²) in [4.78, 5) is 21.5. The molecule has 1 aliphatic carbocycles. The van der Waals surface area contributed by atoms with Crippen molar-refractivity contribution >= 4 is 38.5 Å². The maximum atomic E-state index is 13.3. The minimum Gasteiger partial charge on any atom is -0.494 e. The average molecular weight is 494 g/mol. The molecular weight excluding hydrogens is 462 g/mol. The summed E-state index contributed by atoms with van der Waals surface area (Å²) in [5, 5.41) is 13.3. The second kappa shape index (κ2) is 8.96. The van der Waals surface area contributed by atoms with Gasteiger partial charge in [0.05, 0.1) is 24.9 Å². The molecule has 4 aromatic rings. The highest BCUT2D eigenvalue weighted by Crippen LogP contribution is 2.39. The molecule has 2 aliphatic rings. The number of aliphatic hydroxyl groups excluding tert-OH is 1. The monoisotopic (exact) mass is 493 g/mol. The Morgan fingerprint density at radius 3 is 2.86 bits per heavy atom. The first-order chi connectivity index (χ1) is 17.1. The Bertz CT molecular complexity index is 1400. The van der Waals surface area contributed by atoms with Crippen molar-refractivity contribution in [1.29, 1.82) is 0 Å². The van der Waals surface area contributed by atoms with Crippen molar-refractivity contribution in [3.05, 3.63) is 35.2 Å². The predicted molar refractivity (Wildman–Crippen MR) is 138 cm³/mol. The number of ether oxygens (including phenoxy) is 1. The van der Waals surface area contributed by atoms with Crippen LogP contribution in [-0.2, 0) is 13.1 Å². The van der Waals surface area contributed by atoms with Crippen molar-refractivity contribution in [2.75, 3.05) is 26.8 Å². The van der Waals surface area contributed by atoms with Gasteiger partial charge in [-0.05, 0) is 61.2 Å². The lowest BCUT2D eigenvalue weighted by molar-refractivity contribution is 0.0708. The molecule has 1 saturated heterocycles.